The van der Waals surface area contributed by atoms with Gasteiger partial charge in [0.1, 0.15) is 11.6 Å². The lowest BCUT2D eigenvalue weighted by Crippen LogP contribution is -2.24. The number of carbonyl (C=O) groups excluding carboxylic acids is 1. The van der Waals surface area contributed by atoms with Crippen LogP contribution in [0.4, 0.5) is 8.78 Å². The highest BCUT2D eigenvalue weighted by Gasteiger charge is 2.29. The number of rotatable bonds is 3. The lowest BCUT2D eigenvalue weighted by molar-refractivity contribution is 0.0763. The molecule has 1 aliphatic rings. The SMILES string of the molecule is [2H]C1([2H])c2ncccc2C(=O)N1Cc1c(F)cc(-c2ccc3c(cnn3C([2H])([2H])[2H])c2)cc1F. The summed E-state index contributed by atoms with van der Waals surface area (Å²) in [6.07, 6.45) is 2.71. The summed E-state index contributed by atoms with van der Waals surface area (Å²) >= 11 is 0. The van der Waals surface area contributed by atoms with Gasteiger partial charge in [-0.1, -0.05) is 6.07 Å². The van der Waals surface area contributed by atoms with E-state index in [1.54, 1.807) is 6.07 Å². The first-order valence-electron chi connectivity index (χ1n) is 11.2. The maximum atomic E-state index is 15.0. The topological polar surface area (TPSA) is 51.0 Å². The molecule has 7 heteroatoms. The van der Waals surface area contributed by atoms with Gasteiger partial charge in [0.25, 0.3) is 5.91 Å². The van der Waals surface area contributed by atoms with Gasteiger partial charge in [-0.25, -0.2) is 8.78 Å². The molecule has 0 saturated heterocycles. The number of benzene rings is 2. The lowest BCUT2D eigenvalue weighted by atomic mass is 10.0. The van der Waals surface area contributed by atoms with Crippen LogP contribution in [0.25, 0.3) is 22.0 Å². The maximum absolute atomic E-state index is 15.0. The number of carbonyl (C=O) groups is 1. The second-order valence-electron chi connectivity index (χ2n) is 6.65. The largest absolute Gasteiger partial charge is 0.328 e. The fraction of sp³-hybridized carbons (Fsp3) is 0.136. The van der Waals surface area contributed by atoms with E-state index in [2.05, 4.69) is 10.1 Å². The molecule has 0 saturated carbocycles. The Balaban J connectivity index is 1.49. The van der Waals surface area contributed by atoms with Crippen molar-refractivity contribution in [1.82, 2.24) is 19.7 Å². The summed E-state index contributed by atoms with van der Waals surface area (Å²) in [4.78, 5) is 17.4. The predicted octanol–water partition coefficient (Wildman–Crippen LogP) is 4.07. The Morgan fingerprint density at radius 2 is 2.00 bits per heavy atom. The van der Waals surface area contributed by atoms with Crippen molar-refractivity contribution in [3.8, 4) is 11.1 Å². The first kappa shape index (κ1) is 12.8. The van der Waals surface area contributed by atoms with Crippen molar-refractivity contribution in [2.75, 3.05) is 0 Å². The highest BCUT2D eigenvalue weighted by Crippen LogP contribution is 2.29. The van der Waals surface area contributed by atoms with Crippen molar-refractivity contribution in [2.24, 2.45) is 6.98 Å². The highest BCUT2D eigenvalue weighted by molar-refractivity contribution is 5.97. The van der Waals surface area contributed by atoms with Crippen molar-refractivity contribution in [3.05, 3.63) is 83.3 Å². The molecule has 2 aromatic heterocycles. The molecule has 1 aliphatic heterocycles. The summed E-state index contributed by atoms with van der Waals surface area (Å²) in [5.41, 5.74) is 0.489. The first-order chi connectivity index (χ1) is 16.0. The van der Waals surface area contributed by atoms with Crippen LogP contribution in [-0.2, 0) is 20.0 Å². The van der Waals surface area contributed by atoms with Crippen LogP contribution in [0.3, 0.4) is 0 Å². The number of aromatic nitrogens is 3. The summed E-state index contributed by atoms with van der Waals surface area (Å²) < 4.78 is 70.0. The number of nitrogens with zero attached hydrogens (tertiary/aromatic N) is 4. The van der Waals surface area contributed by atoms with Crippen LogP contribution in [0.2, 0.25) is 0 Å². The maximum Gasteiger partial charge on any atom is 0.256 e. The van der Waals surface area contributed by atoms with Crippen LogP contribution in [0.5, 0.6) is 0 Å². The van der Waals surface area contributed by atoms with Gasteiger partial charge in [0.05, 0.1) is 38.8 Å². The molecule has 0 N–H and O–H groups in total. The number of halogens is 2. The van der Waals surface area contributed by atoms with Crippen LogP contribution in [0.15, 0.2) is 54.9 Å². The second kappa shape index (κ2) is 6.48. The molecule has 0 spiro atoms. The Labute approximate surface area is 172 Å². The standard InChI is InChI=1S/C22H16F2N4O/c1-27-21-5-4-13(7-15(21)10-26-27)14-8-18(23)17(19(24)9-14)11-28-12-20-16(22(28)29)3-2-6-25-20/h2-10H,11-12H2,1H3/i1D3,12D2. The zero-order valence-corrected chi connectivity index (χ0v) is 14.9. The monoisotopic (exact) mass is 395 g/mol. The molecule has 0 unspecified atom stereocenters. The van der Waals surface area contributed by atoms with Gasteiger partial charge in [-0.3, -0.25) is 14.5 Å². The number of hydrogen-bond acceptors (Lipinski definition) is 3. The van der Waals surface area contributed by atoms with Gasteiger partial charge in [-0.05, 0) is 47.5 Å². The molecule has 29 heavy (non-hydrogen) atoms. The molecule has 4 aromatic rings. The second-order valence-corrected chi connectivity index (χ2v) is 6.65. The third kappa shape index (κ3) is 2.86. The van der Waals surface area contributed by atoms with Crippen molar-refractivity contribution >= 4 is 16.8 Å². The van der Waals surface area contributed by atoms with Crippen molar-refractivity contribution in [1.29, 1.82) is 0 Å². The van der Waals surface area contributed by atoms with E-state index in [4.69, 9.17) is 6.85 Å². The molecule has 0 aliphatic carbocycles. The molecular weight excluding hydrogens is 374 g/mol. The van der Waals surface area contributed by atoms with Crippen LogP contribution in [0, 0.1) is 11.6 Å². The molecule has 2 aromatic carbocycles. The van der Waals surface area contributed by atoms with E-state index in [-0.39, 0.29) is 16.8 Å². The first-order valence-corrected chi connectivity index (χ1v) is 8.72. The molecule has 5 rings (SSSR count). The zero-order chi connectivity index (χ0) is 24.4. The molecule has 3 heterocycles. The van der Waals surface area contributed by atoms with Crippen molar-refractivity contribution in [2.45, 2.75) is 13.0 Å². The summed E-state index contributed by atoms with van der Waals surface area (Å²) in [6.45, 7) is -5.40. The lowest BCUT2D eigenvalue weighted by Gasteiger charge is -2.17. The van der Waals surface area contributed by atoms with Crippen LogP contribution >= 0.6 is 0 Å². The minimum Gasteiger partial charge on any atom is -0.328 e. The molecule has 1 amide bonds. The Hall–Kier alpha value is -3.61. The van der Waals surface area contributed by atoms with Gasteiger partial charge in [0.2, 0.25) is 0 Å². The van der Waals surface area contributed by atoms with E-state index in [0.29, 0.717) is 16.5 Å². The van der Waals surface area contributed by atoms with Gasteiger partial charge < -0.3 is 4.90 Å². The van der Waals surface area contributed by atoms with Gasteiger partial charge in [-0.2, -0.15) is 5.10 Å². The fourth-order valence-electron chi connectivity index (χ4n) is 3.39. The van der Waals surface area contributed by atoms with E-state index in [1.807, 2.05) is 0 Å². The van der Waals surface area contributed by atoms with E-state index in [9.17, 15) is 4.79 Å². The van der Waals surface area contributed by atoms with Crippen LogP contribution in [0.1, 0.15) is 28.5 Å². The quantitative estimate of drug-likeness (QED) is 0.525. The minimum absolute atomic E-state index is 0.0517. The van der Waals surface area contributed by atoms with E-state index in [1.165, 1.54) is 36.7 Å². The molecule has 0 atom stereocenters. The number of amides is 1. The summed E-state index contributed by atoms with van der Waals surface area (Å²) in [5, 5.41) is 4.36. The van der Waals surface area contributed by atoms with E-state index >= 15 is 8.78 Å². The Morgan fingerprint density at radius 1 is 1.17 bits per heavy atom. The van der Waals surface area contributed by atoms with Gasteiger partial charge in [0.15, 0.2) is 0 Å². The average Bonchev–Trinajstić information content (AvgIpc) is 3.28. The number of hydrogen-bond donors (Lipinski definition) is 0. The molecule has 0 bridgehead atoms. The van der Waals surface area contributed by atoms with Crippen molar-refractivity contribution < 1.29 is 20.4 Å². The number of pyridine rings is 1. The van der Waals surface area contributed by atoms with Crippen molar-refractivity contribution in [3.63, 3.8) is 0 Å². The Kier molecular flexibility index (Phi) is 2.85. The van der Waals surface area contributed by atoms with E-state index in [0.717, 1.165) is 21.7 Å². The summed E-state index contributed by atoms with van der Waals surface area (Å²) in [5.74, 6) is -2.59. The van der Waals surface area contributed by atoms with E-state index < -0.39 is 43.1 Å². The van der Waals surface area contributed by atoms with Gasteiger partial charge in [-0.15, -0.1) is 0 Å². The smallest absolute Gasteiger partial charge is 0.256 e. The molecule has 144 valence electrons. The number of fused-ring (bicyclic) bond motifs is 2. The molecule has 5 nitrogen and oxygen atoms in total. The Morgan fingerprint density at radius 3 is 2.76 bits per heavy atom. The average molecular weight is 395 g/mol. The fourth-order valence-corrected chi connectivity index (χ4v) is 3.39. The zero-order valence-electron chi connectivity index (χ0n) is 19.9. The predicted molar refractivity (Wildman–Crippen MR) is 104 cm³/mol. The number of aryl methyl sites for hydroxylation is 1. The van der Waals surface area contributed by atoms with Crippen LogP contribution < -0.4 is 0 Å². The normalized spacial score (nSPS) is 18.1. The molecular formula is C22H16F2N4O. The van der Waals surface area contributed by atoms with Crippen LogP contribution in [-0.4, -0.2) is 25.6 Å². The molecule has 0 radical (unpaired) electrons. The minimum atomic E-state index is -2.46. The third-order valence-electron chi connectivity index (χ3n) is 4.88. The van der Waals surface area contributed by atoms with Gasteiger partial charge in [0, 0.05) is 28.2 Å². The highest BCUT2D eigenvalue weighted by atomic mass is 19.1. The summed E-state index contributed by atoms with van der Waals surface area (Å²) in [6, 6.07) is 9.71. The molecule has 0 fully saturated rings. The third-order valence-corrected chi connectivity index (χ3v) is 4.88. The Bertz CT molecular complexity index is 1440. The van der Waals surface area contributed by atoms with Gasteiger partial charge >= 0.3 is 0 Å². The summed E-state index contributed by atoms with van der Waals surface area (Å²) in [7, 11) is 0.